The van der Waals surface area contributed by atoms with Gasteiger partial charge < -0.3 is 14.8 Å². The van der Waals surface area contributed by atoms with E-state index in [-0.39, 0.29) is 17.9 Å². The molecule has 1 aliphatic rings. The van der Waals surface area contributed by atoms with Crippen LogP contribution >= 0.6 is 0 Å². The molecule has 1 saturated carbocycles. The number of carbonyl (C=O) groups is 1. The van der Waals surface area contributed by atoms with Gasteiger partial charge in [0.2, 0.25) is 5.91 Å². The lowest BCUT2D eigenvalue weighted by atomic mass is 9.94. The summed E-state index contributed by atoms with van der Waals surface area (Å²) in [6.07, 6.45) is 5.07. The van der Waals surface area contributed by atoms with Gasteiger partial charge in [-0.1, -0.05) is 36.1 Å². The van der Waals surface area contributed by atoms with Crippen molar-refractivity contribution in [3.8, 4) is 23.3 Å². The molecule has 29 heavy (non-hydrogen) atoms. The van der Waals surface area contributed by atoms with E-state index in [2.05, 4.69) is 17.2 Å². The van der Waals surface area contributed by atoms with Crippen LogP contribution in [0.15, 0.2) is 42.5 Å². The molecule has 1 atom stereocenters. The molecule has 4 nitrogen and oxygen atoms in total. The van der Waals surface area contributed by atoms with Crippen LogP contribution in [0, 0.1) is 18.8 Å². The average Bonchev–Trinajstić information content (AvgIpc) is 3.25. The second kappa shape index (κ2) is 10.0. The first kappa shape index (κ1) is 20.8. The fourth-order valence-electron chi connectivity index (χ4n) is 3.61. The number of aryl methyl sites for hydroxylation is 1. The number of benzene rings is 2. The quantitative estimate of drug-likeness (QED) is 0.733. The van der Waals surface area contributed by atoms with Crippen molar-refractivity contribution >= 4 is 5.91 Å². The number of methoxy groups -OCH3 is 1. The second-order valence-corrected chi connectivity index (χ2v) is 7.45. The van der Waals surface area contributed by atoms with Gasteiger partial charge in [0, 0.05) is 19.0 Å². The molecular formula is C25H29NO3. The molecule has 0 heterocycles. The molecule has 2 aromatic rings. The lowest BCUT2D eigenvalue weighted by Crippen LogP contribution is -2.20. The first-order valence-corrected chi connectivity index (χ1v) is 10.2. The Bertz CT molecular complexity index is 904. The van der Waals surface area contributed by atoms with Crippen molar-refractivity contribution in [1.29, 1.82) is 0 Å². The zero-order chi connectivity index (χ0) is 20.6. The Hall–Kier alpha value is -2.93. The summed E-state index contributed by atoms with van der Waals surface area (Å²) in [5.74, 6) is 7.75. The molecule has 0 aliphatic heterocycles. The summed E-state index contributed by atoms with van der Waals surface area (Å²) < 4.78 is 11.7. The van der Waals surface area contributed by atoms with Gasteiger partial charge in [-0.3, -0.25) is 4.79 Å². The van der Waals surface area contributed by atoms with Crippen LogP contribution in [0.4, 0.5) is 0 Å². The Labute approximate surface area is 173 Å². The van der Waals surface area contributed by atoms with E-state index in [4.69, 9.17) is 9.47 Å². The highest BCUT2D eigenvalue weighted by atomic mass is 16.5. The summed E-state index contributed by atoms with van der Waals surface area (Å²) in [6.45, 7) is 2.04. The fraction of sp³-hybridized carbons (Fsp3) is 0.400. The third-order valence-corrected chi connectivity index (χ3v) is 5.38. The minimum atomic E-state index is -0.230. The van der Waals surface area contributed by atoms with Gasteiger partial charge in [0.15, 0.2) is 11.5 Å². The summed E-state index contributed by atoms with van der Waals surface area (Å²) in [5, 5.41) is 2.71. The second-order valence-electron chi connectivity index (χ2n) is 7.45. The Morgan fingerprint density at radius 2 is 1.93 bits per heavy atom. The molecule has 0 bridgehead atoms. The van der Waals surface area contributed by atoms with Gasteiger partial charge in [0.25, 0.3) is 0 Å². The summed E-state index contributed by atoms with van der Waals surface area (Å²) in [4.78, 5) is 12.1. The molecule has 0 radical (unpaired) electrons. The van der Waals surface area contributed by atoms with Gasteiger partial charge in [-0.2, -0.15) is 0 Å². The predicted octanol–water partition coefficient (Wildman–Crippen LogP) is 4.60. The van der Waals surface area contributed by atoms with Crippen LogP contribution in [0.5, 0.6) is 11.5 Å². The third-order valence-electron chi connectivity index (χ3n) is 5.38. The molecule has 1 aliphatic carbocycles. The molecular weight excluding hydrogens is 362 g/mol. The largest absolute Gasteiger partial charge is 0.493 e. The number of carbonyl (C=O) groups excluding carboxylic acids is 1. The average molecular weight is 392 g/mol. The first-order chi connectivity index (χ1) is 14.1. The van der Waals surface area contributed by atoms with Gasteiger partial charge in [0.05, 0.1) is 19.1 Å². The van der Waals surface area contributed by atoms with Gasteiger partial charge in [-0.05, 0) is 61.9 Å². The van der Waals surface area contributed by atoms with Gasteiger partial charge in [0.1, 0.15) is 0 Å². The maximum atomic E-state index is 12.1. The molecule has 4 heteroatoms. The van der Waals surface area contributed by atoms with E-state index in [0.717, 1.165) is 35.3 Å². The van der Waals surface area contributed by atoms with Crippen LogP contribution in [0.3, 0.4) is 0 Å². The van der Waals surface area contributed by atoms with Gasteiger partial charge in [-0.25, -0.2) is 0 Å². The number of hydrogen-bond acceptors (Lipinski definition) is 3. The van der Waals surface area contributed by atoms with Crippen molar-refractivity contribution in [3.63, 3.8) is 0 Å². The maximum Gasteiger partial charge on any atom is 0.221 e. The predicted molar refractivity (Wildman–Crippen MR) is 115 cm³/mol. The van der Waals surface area contributed by atoms with Crippen LogP contribution in [-0.4, -0.2) is 26.2 Å². The molecule has 1 fully saturated rings. The van der Waals surface area contributed by atoms with E-state index in [1.54, 1.807) is 14.2 Å². The fourth-order valence-corrected chi connectivity index (χ4v) is 3.61. The summed E-state index contributed by atoms with van der Waals surface area (Å²) in [6, 6.07) is 13.9. The Morgan fingerprint density at radius 1 is 1.17 bits per heavy atom. The van der Waals surface area contributed by atoms with Crippen LogP contribution in [0.25, 0.3) is 0 Å². The monoisotopic (exact) mass is 391 g/mol. The number of amides is 1. The van der Waals surface area contributed by atoms with Crippen molar-refractivity contribution < 1.29 is 14.3 Å². The topological polar surface area (TPSA) is 47.6 Å². The van der Waals surface area contributed by atoms with Crippen LogP contribution in [0.2, 0.25) is 0 Å². The molecule has 1 unspecified atom stereocenters. The van der Waals surface area contributed by atoms with E-state index in [1.807, 2.05) is 49.4 Å². The van der Waals surface area contributed by atoms with E-state index in [9.17, 15) is 4.79 Å². The highest BCUT2D eigenvalue weighted by Gasteiger charge is 2.20. The van der Waals surface area contributed by atoms with E-state index < -0.39 is 0 Å². The zero-order valence-corrected chi connectivity index (χ0v) is 17.5. The molecule has 152 valence electrons. The maximum absolute atomic E-state index is 12.1. The van der Waals surface area contributed by atoms with Crippen LogP contribution < -0.4 is 14.8 Å². The Kier molecular flexibility index (Phi) is 7.19. The Balaban J connectivity index is 1.92. The number of nitrogens with one attached hydrogen (secondary N) is 1. The molecule has 0 saturated heterocycles. The first-order valence-electron chi connectivity index (χ1n) is 10.2. The molecule has 1 amide bonds. The Morgan fingerprint density at radius 3 is 2.62 bits per heavy atom. The van der Waals surface area contributed by atoms with E-state index in [1.165, 1.54) is 12.8 Å². The van der Waals surface area contributed by atoms with Crippen molar-refractivity contribution in [2.24, 2.45) is 0 Å². The smallest absolute Gasteiger partial charge is 0.221 e. The van der Waals surface area contributed by atoms with Gasteiger partial charge in [-0.15, -0.1) is 0 Å². The standard InChI is InChI=1S/C25H29NO3/c1-18-8-4-5-9-19(18)12-13-21(17-25(27)26-2)20-14-15-23(28-3)24(16-20)29-22-10-6-7-11-22/h4-5,8-9,14-16,21-22H,6-7,10-11,17H2,1-3H3,(H,26,27). The summed E-state index contributed by atoms with van der Waals surface area (Å²) >= 11 is 0. The molecule has 0 aromatic heterocycles. The summed E-state index contributed by atoms with van der Waals surface area (Å²) in [7, 11) is 3.30. The van der Waals surface area contributed by atoms with E-state index >= 15 is 0 Å². The van der Waals surface area contributed by atoms with Crippen molar-refractivity contribution in [1.82, 2.24) is 5.32 Å². The van der Waals surface area contributed by atoms with Gasteiger partial charge >= 0.3 is 0 Å². The van der Waals surface area contributed by atoms with Crippen molar-refractivity contribution in [3.05, 3.63) is 59.2 Å². The van der Waals surface area contributed by atoms with Crippen molar-refractivity contribution in [2.45, 2.75) is 51.0 Å². The zero-order valence-electron chi connectivity index (χ0n) is 17.5. The lowest BCUT2D eigenvalue weighted by molar-refractivity contribution is -0.120. The minimum Gasteiger partial charge on any atom is -0.493 e. The minimum absolute atomic E-state index is 0.0387. The molecule has 0 spiro atoms. The molecule has 3 rings (SSSR count). The van der Waals surface area contributed by atoms with E-state index in [0.29, 0.717) is 12.2 Å². The van der Waals surface area contributed by atoms with Crippen molar-refractivity contribution in [2.75, 3.05) is 14.2 Å². The number of ether oxygens (including phenoxy) is 2. The normalized spacial score (nSPS) is 14.6. The number of hydrogen-bond donors (Lipinski definition) is 1. The molecule has 2 aromatic carbocycles. The highest BCUT2D eigenvalue weighted by Crippen LogP contribution is 2.35. The summed E-state index contributed by atoms with van der Waals surface area (Å²) in [5.41, 5.74) is 3.06. The molecule has 1 N–H and O–H groups in total. The van der Waals surface area contributed by atoms with Crippen LogP contribution in [0.1, 0.15) is 54.7 Å². The van der Waals surface area contributed by atoms with Crippen LogP contribution in [-0.2, 0) is 4.79 Å². The number of rotatable bonds is 6. The lowest BCUT2D eigenvalue weighted by Gasteiger charge is -2.18. The highest BCUT2D eigenvalue weighted by molar-refractivity contribution is 5.77. The third kappa shape index (κ3) is 5.54. The SMILES string of the molecule is CNC(=O)CC(C#Cc1ccccc1C)c1ccc(OC)c(OC2CCCC2)c1.